The molecule has 0 amide bonds. The van der Waals surface area contributed by atoms with Gasteiger partial charge in [0.1, 0.15) is 11.5 Å². The number of phenols is 1. The van der Waals surface area contributed by atoms with Gasteiger partial charge in [0.05, 0.1) is 7.11 Å². The molecular weight excluding hydrogens is 260 g/mol. The zero-order chi connectivity index (χ0) is 13.8. The molecule has 1 N–H and O–H groups in total. The molecule has 0 unspecified atom stereocenters. The molecule has 19 heavy (non-hydrogen) atoms. The van der Waals surface area contributed by atoms with E-state index in [-0.39, 0.29) is 5.75 Å². The van der Waals surface area contributed by atoms with E-state index >= 15 is 0 Å². The SMILES string of the molecule is CC[n+]1nc(C)sc1C=Cc1cc(O)ccc1OC. The Morgan fingerprint density at radius 1 is 1.42 bits per heavy atom. The molecule has 1 aromatic heterocycles. The lowest BCUT2D eigenvalue weighted by molar-refractivity contribution is -0.747. The Balaban J connectivity index is 2.34. The number of methoxy groups -OCH3 is 1. The molecule has 0 aliphatic rings. The van der Waals surface area contributed by atoms with Crippen LogP contribution in [-0.4, -0.2) is 17.3 Å². The van der Waals surface area contributed by atoms with Crippen LogP contribution >= 0.6 is 11.3 Å². The summed E-state index contributed by atoms with van der Waals surface area (Å²) in [6.07, 6.45) is 3.92. The topological polar surface area (TPSA) is 46.2 Å². The van der Waals surface area contributed by atoms with Gasteiger partial charge in [-0.05, 0) is 49.5 Å². The number of hydrogen-bond acceptors (Lipinski definition) is 4. The van der Waals surface area contributed by atoms with E-state index in [1.54, 1.807) is 36.6 Å². The first-order chi connectivity index (χ1) is 9.13. The van der Waals surface area contributed by atoms with Crippen LogP contribution in [0.1, 0.15) is 22.5 Å². The number of aromatic nitrogens is 2. The normalized spacial score (nSPS) is 11.1. The van der Waals surface area contributed by atoms with Gasteiger partial charge in [-0.3, -0.25) is 0 Å². The van der Waals surface area contributed by atoms with Gasteiger partial charge in [-0.1, -0.05) is 4.68 Å². The van der Waals surface area contributed by atoms with Gasteiger partial charge in [-0.25, -0.2) is 0 Å². The zero-order valence-corrected chi connectivity index (χ0v) is 12.1. The number of hydrogen-bond donors (Lipinski definition) is 1. The predicted molar refractivity (Wildman–Crippen MR) is 76.3 cm³/mol. The van der Waals surface area contributed by atoms with Crippen molar-refractivity contribution >= 4 is 23.5 Å². The summed E-state index contributed by atoms with van der Waals surface area (Å²) < 4.78 is 7.22. The number of aryl methyl sites for hydroxylation is 2. The van der Waals surface area contributed by atoms with Crippen LogP contribution in [0.4, 0.5) is 0 Å². The molecule has 0 radical (unpaired) electrons. The molecule has 100 valence electrons. The molecule has 0 aliphatic heterocycles. The summed E-state index contributed by atoms with van der Waals surface area (Å²) in [4.78, 5) is 0. The molecule has 0 saturated carbocycles. The van der Waals surface area contributed by atoms with Gasteiger partial charge in [0.15, 0.2) is 11.6 Å². The Labute approximate surface area is 116 Å². The van der Waals surface area contributed by atoms with E-state index in [4.69, 9.17) is 4.74 Å². The number of phenolic OH excluding ortho intramolecular Hbond substituents is 1. The van der Waals surface area contributed by atoms with E-state index in [0.29, 0.717) is 0 Å². The smallest absolute Gasteiger partial charge is 0.289 e. The molecule has 0 fully saturated rings. The third-order valence-electron chi connectivity index (χ3n) is 2.69. The average Bonchev–Trinajstić information content (AvgIpc) is 2.77. The minimum atomic E-state index is 0.226. The highest BCUT2D eigenvalue weighted by molar-refractivity contribution is 7.11. The molecule has 0 atom stereocenters. The first-order valence-corrected chi connectivity index (χ1v) is 6.88. The molecular formula is C14H17N2O2S+. The van der Waals surface area contributed by atoms with Crippen LogP contribution in [0, 0.1) is 6.92 Å². The monoisotopic (exact) mass is 277 g/mol. The second kappa shape index (κ2) is 5.84. The lowest BCUT2D eigenvalue weighted by Crippen LogP contribution is -2.36. The van der Waals surface area contributed by atoms with Crippen molar-refractivity contribution in [1.29, 1.82) is 0 Å². The second-order valence-corrected chi connectivity index (χ2v) is 5.25. The Morgan fingerprint density at radius 3 is 2.89 bits per heavy atom. The highest BCUT2D eigenvalue weighted by Crippen LogP contribution is 2.25. The minimum absolute atomic E-state index is 0.226. The van der Waals surface area contributed by atoms with Crippen LogP contribution in [-0.2, 0) is 6.54 Å². The van der Waals surface area contributed by atoms with E-state index in [9.17, 15) is 5.11 Å². The predicted octanol–water partition coefficient (Wildman–Crippen LogP) is 2.64. The van der Waals surface area contributed by atoms with Crippen molar-refractivity contribution in [3.63, 3.8) is 0 Å². The molecule has 4 nitrogen and oxygen atoms in total. The maximum Gasteiger partial charge on any atom is 0.289 e. The Bertz CT molecular complexity index is 605. The van der Waals surface area contributed by atoms with Gasteiger partial charge in [0.2, 0.25) is 0 Å². The quantitative estimate of drug-likeness (QED) is 0.874. The van der Waals surface area contributed by atoms with Gasteiger partial charge < -0.3 is 9.84 Å². The Hall–Kier alpha value is -1.88. The maximum atomic E-state index is 9.53. The van der Waals surface area contributed by atoms with Crippen molar-refractivity contribution in [3.8, 4) is 11.5 Å². The number of ether oxygens (including phenoxy) is 1. The summed E-state index contributed by atoms with van der Waals surface area (Å²) in [7, 11) is 1.62. The van der Waals surface area contributed by atoms with Crippen LogP contribution < -0.4 is 9.42 Å². The average molecular weight is 277 g/mol. The maximum absolute atomic E-state index is 9.53. The van der Waals surface area contributed by atoms with Gasteiger partial charge in [0, 0.05) is 16.7 Å². The Morgan fingerprint density at radius 2 is 2.21 bits per heavy atom. The van der Waals surface area contributed by atoms with Gasteiger partial charge in [-0.2, -0.15) is 0 Å². The largest absolute Gasteiger partial charge is 0.508 e. The highest BCUT2D eigenvalue weighted by atomic mass is 32.1. The molecule has 2 rings (SSSR count). The lowest BCUT2D eigenvalue weighted by atomic mass is 10.2. The minimum Gasteiger partial charge on any atom is -0.508 e. The van der Waals surface area contributed by atoms with Crippen LogP contribution in [0.5, 0.6) is 11.5 Å². The number of benzene rings is 1. The van der Waals surface area contributed by atoms with E-state index in [1.807, 2.05) is 23.8 Å². The fourth-order valence-electron chi connectivity index (χ4n) is 1.80. The third kappa shape index (κ3) is 3.12. The van der Waals surface area contributed by atoms with Crippen molar-refractivity contribution in [2.45, 2.75) is 20.4 Å². The third-order valence-corrected chi connectivity index (χ3v) is 3.62. The molecule has 0 aliphatic carbocycles. The van der Waals surface area contributed by atoms with Gasteiger partial charge in [-0.15, -0.1) is 0 Å². The summed E-state index contributed by atoms with van der Waals surface area (Å²) in [6.45, 7) is 4.88. The van der Waals surface area contributed by atoms with Crippen molar-refractivity contribution in [1.82, 2.24) is 5.10 Å². The summed E-state index contributed by atoms with van der Waals surface area (Å²) in [5.41, 5.74) is 0.844. The van der Waals surface area contributed by atoms with E-state index in [1.165, 1.54) is 0 Å². The van der Waals surface area contributed by atoms with Crippen LogP contribution in [0.2, 0.25) is 0 Å². The molecule has 0 bridgehead atoms. The fraction of sp³-hybridized carbons (Fsp3) is 0.286. The standard InChI is InChI=1S/C14H16N2O2S/c1-4-16-14(19-10(2)15-16)8-5-11-9-12(17)6-7-13(11)18-3/h5-9H,4H2,1-3H3/p+1. The van der Waals surface area contributed by atoms with Gasteiger partial charge >= 0.3 is 0 Å². The molecule has 5 heteroatoms. The highest BCUT2D eigenvalue weighted by Gasteiger charge is 2.12. The van der Waals surface area contributed by atoms with Crippen molar-refractivity contribution in [2.75, 3.05) is 7.11 Å². The van der Waals surface area contributed by atoms with Crippen LogP contribution in [0.3, 0.4) is 0 Å². The second-order valence-electron chi connectivity index (χ2n) is 4.03. The summed E-state index contributed by atoms with van der Waals surface area (Å²) in [5, 5.41) is 16.0. The van der Waals surface area contributed by atoms with E-state index < -0.39 is 0 Å². The van der Waals surface area contributed by atoms with Crippen LogP contribution in [0.25, 0.3) is 12.2 Å². The van der Waals surface area contributed by atoms with Crippen molar-refractivity contribution < 1.29 is 14.5 Å². The Kier molecular flexibility index (Phi) is 4.16. The summed E-state index contributed by atoms with van der Waals surface area (Å²) in [5.74, 6) is 0.961. The van der Waals surface area contributed by atoms with Crippen molar-refractivity contribution in [3.05, 3.63) is 33.8 Å². The first-order valence-electron chi connectivity index (χ1n) is 6.06. The molecule has 1 heterocycles. The number of nitrogens with zero attached hydrogens (tertiary/aromatic N) is 2. The number of aromatic hydroxyl groups is 1. The lowest BCUT2D eigenvalue weighted by Gasteiger charge is -2.04. The van der Waals surface area contributed by atoms with E-state index in [2.05, 4.69) is 12.0 Å². The van der Waals surface area contributed by atoms with Gasteiger partial charge in [0.25, 0.3) is 5.01 Å². The number of rotatable bonds is 4. The van der Waals surface area contributed by atoms with Crippen LogP contribution in [0.15, 0.2) is 18.2 Å². The first kappa shape index (κ1) is 13.5. The summed E-state index contributed by atoms with van der Waals surface area (Å²) in [6, 6.07) is 5.04. The van der Waals surface area contributed by atoms with Crippen molar-refractivity contribution in [2.24, 2.45) is 0 Å². The van der Waals surface area contributed by atoms with E-state index in [0.717, 1.165) is 27.9 Å². The molecule has 1 aromatic carbocycles. The molecule has 0 saturated heterocycles. The zero-order valence-electron chi connectivity index (χ0n) is 11.3. The molecule has 0 spiro atoms. The fourth-order valence-corrected chi connectivity index (χ4v) is 2.66. The molecule has 2 aromatic rings. The summed E-state index contributed by atoms with van der Waals surface area (Å²) >= 11 is 1.64.